The molecule has 2 N–H and O–H groups in total. The molecule has 154 valence electrons. The Morgan fingerprint density at radius 3 is 2.62 bits per heavy atom. The molecule has 0 saturated carbocycles. The van der Waals surface area contributed by atoms with Gasteiger partial charge in [-0.3, -0.25) is 9.59 Å². The number of thioether (sulfide) groups is 1. The van der Waals surface area contributed by atoms with Crippen molar-refractivity contribution < 1.29 is 19.1 Å². The number of hydrogen-bond acceptors (Lipinski definition) is 5. The Kier molecular flexibility index (Phi) is 7.41. The largest absolute Gasteiger partial charge is 0.486 e. The van der Waals surface area contributed by atoms with E-state index < -0.39 is 0 Å². The fourth-order valence-corrected chi connectivity index (χ4v) is 3.78. The van der Waals surface area contributed by atoms with Gasteiger partial charge in [-0.05, 0) is 37.6 Å². The van der Waals surface area contributed by atoms with Crippen LogP contribution < -0.4 is 20.1 Å². The number of carbonyl (C=O) groups excluding carboxylic acids is 2. The predicted molar refractivity (Wildman–Crippen MR) is 116 cm³/mol. The van der Waals surface area contributed by atoms with E-state index in [4.69, 9.17) is 9.47 Å². The lowest BCUT2D eigenvalue weighted by molar-refractivity contribution is -0.116. The van der Waals surface area contributed by atoms with E-state index >= 15 is 0 Å². The molecule has 7 heteroatoms. The smallest absolute Gasteiger partial charge is 0.237 e. The monoisotopic (exact) mass is 414 g/mol. The first-order chi connectivity index (χ1) is 14.1. The molecule has 0 saturated heterocycles. The van der Waals surface area contributed by atoms with Gasteiger partial charge in [0.15, 0.2) is 11.5 Å². The van der Waals surface area contributed by atoms with Crippen LogP contribution in [0.1, 0.15) is 33.1 Å². The molecule has 0 unspecified atom stereocenters. The van der Waals surface area contributed by atoms with Crippen molar-refractivity contribution in [1.29, 1.82) is 0 Å². The van der Waals surface area contributed by atoms with Gasteiger partial charge in [-0.25, -0.2) is 0 Å². The predicted octanol–water partition coefficient (Wildman–Crippen LogP) is 4.71. The van der Waals surface area contributed by atoms with Crippen LogP contribution in [0.5, 0.6) is 11.5 Å². The maximum absolute atomic E-state index is 12.7. The van der Waals surface area contributed by atoms with Gasteiger partial charge < -0.3 is 20.1 Å². The highest BCUT2D eigenvalue weighted by molar-refractivity contribution is 8.00. The van der Waals surface area contributed by atoms with Crippen molar-refractivity contribution in [2.45, 2.75) is 43.3 Å². The zero-order valence-corrected chi connectivity index (χ0v) is 17.5. The summed E-state index contributed by atoms with van der Waals surface area (Å²) in [5.41, 5.74) is 1.39. The highest BCUT2D eigenvalue weighted by Crippen LogP contribution is 2.34. The number of hydrogen-bond donors (Lipinski definition) is 2. The number of unbranched alkanes of at least 4 members (excludes halogenated alkanes) is 1. The second-order valence-corrected chi connectivity index (χ2v) is 8.14. The van der Waals surface area contributed by atoms with Crippen LogP contribution in [0.2, 0.25) is 0 Å². The third-order valence-electron chi connectivity index (χ3n) is 4.40. The molecule has 0 aromatic heterocycles. The number of rotatable bonds is 8. The standard InChI is InChI=1S/C22H26N2O4S/c1-3-4-9-21(25)24-17-7-5-6-8-20(17)29-15(2)22(26)23-16-10-11-18-19(14-16)28-13-12-27-18/h5-8,10-11,14-15H,3-4,9,12-13H2,1-2H3,(H,23,26)(H,24,25)/t15-/m1/s1. The van der Waals surface area contributed by atoms with Gasteiger partial charge in [-0.15, -0.1) is 11.8 Å². The molecular formula is C22H26N2O4S. The minimum atomic E-state index is -0.350. The first-order valence-electron chi connectivity index (χ1n) is 9.83. The molecule has 2 amide bonds. The van der Waals surface area contributed by atoms with Gasteiger partial charge in [0.25, 0.3) is 0 Å². The lowest BCUT2D eigenvalue weighted by atomic mass is 10.2. The van der Waals surface area contributed by atoms with Crippen LogP contribution in [0.4, 0.5) is 11.4 Å². The fraction of sp³-hybridized carbons (Fsp3) is 0.364. The van der Waals surface area contributed by atoms with Crippen LogP contribution >= 0.6 is 11.8 Å². The Morgan fingerprint density at radius 2 is 1.83 bits per heavy atom. The topological polar surface area (TPSA) is 76.7 Å². The third-order valence-corrected chi connectivity index (χ3v) is 5.58. The van der Waals surface area contributed by atoms with Crippen molar-refractivity contribution in [2.75, 3.05) is 23.8 Å². The van der Waals surface area contributed by atoms with E-state index in [0.29, 0.717) is 36.8 Å². The molecule has 1 aliphatic rings. The van der Waals surface area contributed by atoms with E-state index in [-0.39, 0.29) is 17.1 Å². The molecule has 29 heavy (non-hydrogen) atoms. The summed E-state index contributed by atoms with van der Waals surface area (Å²) in [5, 5.41) is 5.52. The summed E-state index contributed by atoms with van der Waals surface area (Å²) in [6.45, 7) is 4.92. The molecule has 2 aromatic carbocycles. The van der Waals surface area contributed by atoms with E-state index in [1.807, 2.05) is 31.2 Å². The maximum Gasteiger partial charge on any atom is 0.237 e. The number of ether oxygens (including phenoxy) is 2. The molecule has 0 fully saturated rings. The van der Waals surface area contributed by atoms with Crippen LogP contribution in [-0.4, -0.2) is 30.3 Å². The Morgan fingerprint density at radius 1 is 1.07 bits per heavy atom. The van der Waals surface area contributed by atoms with Crippen LogP contribution in [0.15, 0.2) is 47.4 Å². The van der Waals surface area contributed by atoms with E-state index in [0.717, 1.165) is 23.4 Å². The second-order valence-electron chi connectivity index (χ2n) is 6.76. The van der Waals surface area contributed by atoms with Gasteiger partial charge in [0, 0.05) is 23.1 Å². The SMILES string of the molecule is CCCCC(=O)Nc1ccccc1S[C@H](C)C(=O)Nc1ccc2c(c1)OCCO2. The lowest BCUT2D eigenvalue weighted by Gasteiger charge is -2.19. The Balaban J connectivity index is 1.62. The first-order valence-corrected chi connectivity index (χ1v) is 10.7. The van der Waals surface area contributed by atoms with Crippen molar-refractivity contribution in [3.63, 3.8) is 0 Å². The summed E-state index contributed by atoms with van der Waals surface area (Å²) < 4.78 is 11.1. The van der Waals surface area contributed by atoms with Gasteiger partial charge in [-0.2, -0.15) is 0 Å². The molecule has 0 bridgehead atoms. The quantitative estimate of drug-likeness (QED) is 0.612. The number of benzene rings is 2. The zero-order valence-electron chi connectivity index (χ0n) is 16.7. The fourth-order valence-electron chi connectivity index (χ4n) is 2.83. The van der Waals surface area contributed by atoms with Gasteiger partial charge in [0.05, 0.1) is 10.9 Å². The van der Waals surface area contributed by atoms with Crippen molar-refractivity contribution in [3.8, 4) is 11.5 Å². The summed E-state index contributed by atoms with van der Waals surface area (Å²) in [6.07, 6.45) is 2.33. The average molecular weight is 415 g/mol. The van der Waals surface area contributed by atoms with E-state index in [1.165, 1.54) is 11.8 Å². The van der Waals surface area contributed by atoms with E-state index in [9.17, 15) is 9.59 Å². The van der Waals surface area contributed by atoms with Gasteiger partial charge in [-0.1, -0.05) is 25.5 Å². The molecule has 2 aromatic rings. The summed E-state index contributed by atoms with van der Waals surface area (Å²) in [4.78, 5) is 25.6. The minimum absolute atomic E-state index is 0.00622. The summed E-state index contributed by atoms with van der Waals surface area (Å²) >= 11 is 1.41. The molecule has 1 atom stereocenters. The van der Waals surface area contributed by atoms with Crippen molar-refractivity contribution in [1.82, 2.24) is 0 Å². The van der Waals surface area contributed by atoms with Crippen LogP contribution in [-0.2, 0) is 9.59 Å². The summed E-state index contributed by atoms with van der Waals surface area (Å²) in [5.74, 6) is 1.19. The van der Waals surface area contributed by atoms with Crippen LogP contribution in [0, 0.1) is 0 Å². The number of amides is 2. The summed E-state index contributed by atoms with van der Waals surface area (Å²) in [6, 6.07) is 12.9. The molecule has 0 aliphatic carbocycles. The van der Waals surface area contributed by atoms with Crippen molar-refractivity contribution >= 4 is 35.0 Å². The van der Waals surface area contributed by atoms with Gasteiger partial charge in [0.2, 0.25) is 11.8 Å². The molecule has 6 nitrogen and oxygen atoms in total. The Bertz CT molecular complexity index is 872. The molecule has 0 radical (unpaired) electrons. The number of nitrogens with one attached hydrogen (secondary N) is 2. The normalized spacial score (nSPS) is 13.4. The number of para-hydroxylation sites is 1. The maximum atomic E-state index is 12.7. The van der Waals surface area contributed by atoms with E-state index in [1.54, 1.807) is 18.2 Å². The van der Waals surface area contributed by atoms with Crippen LogP contribution in [0.25, 0.3) is 0 Å². The number of anilines is 2. The number of fused-ring (bicyclic) bond motifs is 1. The average Bonchev–Trinajstić information content (AvgIpc) is 2.73. The lowest BCUT2D eigenvalue weighted by Crippen LogP contribution is -2.23. The van der Waals surface area contributed by atoms with E-state index in [2.05, 4.69) is 17.6 Å². The first kappa shape index (κ1) is 21.0. The molecule has 1 heterocycles. The molecule has 3 rings (SSSR count). The molecular weight excluding hydrogens is 388 g/mol. The highest BCUT2D eigenvalue weighted by atomic mass is 32.2. The third kappa shape index (κ3) is 5.90. The summed E-state index contributed by atoms with van der Waals surface area (Å²) in [7, 11) is 0. The number of carbonyl (C=O) groups is 2. The highest BCUT2D eigenvalue weighted by Gasteiger charge is 2.18. The van der Waals surface area contributed by atoms with Crippen LogP contribution in [0.3, 0.4) is 0 Å². The second kappa shape index (κ2) is 10.2. The minimum Gasteiger partial charge on any atom is -0.486 e. The Hall–Kier alpha value is -2.67. The molecule has 1 aliphatic heterocycles. The van der Waals surface area contributed by atoms with Gasteiger partial charge in [0.1, 0.15) is 13.2 Å². The Labute approximate surface area is 175 Å². The zero-order chi connectivity index (χ0) is 20.6. The molecule has 0 spiro atoms. The van der Waals surface area contributed by atoms with Gasteiger partial charge >= 0.3 is 0 Å². The van der Waals surface area contributed by atoms with Crippen molar-refractivity contribution in [3.05, 3.63) is 42.5 Å². The van der Waals surface area contributed by atoms with Crippen molar-refractivity contribution in [2.24, 2.45) is 0 Å².